The molecular weight excluding hydrogens is 320 g/mol. The van der Waals surface area contributed by atoms with Gasteiger partial charge in [-0.1, -0.05) is 6.07 Å². The Morgan fingerprint density at radius 1 is 1.28 bits per heavy atom. The van der Waals surface area contributed by atoms with E-state index in [1.165, 1.54) is 6.20 Å². The summed E-state index contributed by atoms with van der Waals surface area (Å²) >= 11 is 0. The van der Waals surface area contributed by atoms with Crippen LogP contribution in [0.1, 0.15) is 40.5 Å². The molecule has 6 heteroatoms. The Kier molecular flexibility index (Phi) is 5.19. The molecule has 2 aromatic rings. The first-order valence-corrected chi connectivity index (χ1v) is 8.26. The average molecular weight is 342 g/mol. The van der Waals surface area contributed by atoms with E-state index < -0.39 is 5.97 Å². The maximum Gasteiger partial charge on any atom is 0.337 e. The maximum atomic E-state index is 10.9. The number of hydrogen-bond donors (Lipinski definition) is 1. The fraction of sp³-hybridized carbons (Fsp3) is 0.368. The van der Waals surface area contributed by atoms with Gasteiger partial charge in [-0.15, -0.1) is 0 Å². The Balaban J connectivity index is 1.79. The van der Waals surface area contributed by atoms with Crippen LogP contribution < -0.4 is 9.47 Å². The summed E-state index contributed by atoms with van der Waals surface area (Å²) in [5, 5.41) is 8.98. The van der Waals surface area contributed by atoms with Crippen molar-refractivity contribution >= 4 is 5.97 Å². The largest absolute Gasteiger partial charge is 0.497 e. The fourth-order valence-corrected chi connectivity index (χ4v) is 3.31. The monoisotopic (exact) mass is 342 g/mol. The number of carboxylic acids is 1. The Hall–Kier alpha value is -2.60. The summed E-state index contributed by atoms with van der Waals surface area (Å²) in [5.41, 5.74) is 2.21. The third-order valence-electron chi connectivity index (χ3n) is 4.60. The summed E-state index contributed by atoms with van der Waals surface area (Å²) in [6.45, 7) is 1.65. The number of hydrogen-bond acceptors (Lipinski definition) is 5. The molecule has 0 spiro atoms. The first-order valence-electron chi connectivity index (χ1n) is 8.26. The second-order valence-electron chi connectivity index (χ2n) is 6.08. The van der Waals surface area contributed by atoms with E-state index in [-0.39, 0.29) is 11.6 Å². The number of carboxylic acid groups (broad SMARTS) is 1. The number of ether oxygens (including phenoxy) is 2. The average Bonchev–Trinajstić information content (AvgIpc) is 3.09. The van der Waals surface area contributed by atoms with Crippen molar-refractivity contribution in [2.45, 2.75) is 25.4 Å². The summed E-state index contributed by atoms with van der Waals surface area (Å²) in [6.07, 6.45) is 3.57. The lowest BCUT2D eigenvalue weighted by Crippen LogP contribution is -2.23. The standard InChI is InChI=1S/C19H22N2O4/c1-24-15-7-8-16(18(10-15)25-2)17-4-3-9-21(17)12-14-6-5-13(11-20-14)19(22)23/h5-8,10-11,17H,3-4,9,12H2,1-2H3,(H,22,23). The molecular formula is C19H22N2O4. The van der Waals surface area contributed by atoms with E-state index in [1.807, 2.05) is 12.1 Å². The van der Waals surface area contributed by atoms with E-state index in [4.69, 9.17) is 14.6 Å². The van der Waals surface area contributed by atoms with E-state index in [0.717, 1.165) is 42.1 Å². The number of methoxy groups -OCH3 is 2. The molecule has 2 heterocycles. The van der Waals surface area contributed by atoms with Crippen LogP contribution in [-0.2, 0) is 6.54 Å². The number of likely N-dealkylation sites (tertiary alicyclic amines) is 1. The highest BCUT2D eigenvalue weighted by Gasteiger charge is 2.28. The van der Waals surface area contributed by atoms with Crippen molar-refractivity contribution in [2.24, 2.45) is 0 Å². The molecule has 0 saturated carbocycles. The normalized spacial score (nSPS) is 17.4. The second kappa shape index (κ2) is 7.53. The third kappa shape index (κ3) is 3.74. The quantitative estimate of drug-likeness (QED) is 0.869. The molecule has 1 aliphatic heterocycles. The SMILES string of the molecule is COc1ccc(C2CCCN2Cc2ccc(C(=O)O)cn2)c(OC)c1. The molecule has 1 saturated heterocycles. The molecule has 1 unspecified atom stereocenters. The number of rotatable bonds is 6. The number of nitrogens with zero attached hydrogens (tertiary/aromatic N) is 2. The van der Waals surface area contributed by atoms with Gasteiger partial charge in [0, 0.05) is 30.4 Å². The molecule has 3 rings (SSSR count). The van der Waals surface area contributed by atoms with E-state index in [1.54, 1.807) is 26.4 Å². The van der Waals surface area contributed by atoms with Crippen molar-refractivity contribution in [3.63, 3.8) is 0 Å². The van der Waals surface area contributed by atoms with Crippen LogP contribution in [0.25, 0.3) is 0 Å². The van der Waals surface area contributed by atoms with Gasteiger partial charge in [0.05, 0.1) is 25.5 Å². The molecule has 132 valence electrons. The summed E-state index contributed by atoms with van der Waals surface area (Å²) in [5.74, 6) is 0.641. The van der Waals surface area contributed by atoms with Gasteiger partial charge in [0.1, 0.15) is 11.5 Å². The predicted octanol–water partition coefficient (Wildman–Crippen LogP) is 3.13. The van der Waals surface area contributed by atoms with Crippen LogP contribution in [-0.4, -0.2) is 41.7 Å². The van der Waals surface area contributed by atoms with Crippen LogP contribution >= 0.6 is 0 Å². The minimum absolute atomic E-state index is 0.207. The Morgan fingerprint density at radius 2 is 2.12 bits per heavy atom. The van der Waals surface area contributed by atoms with E-state index in [9.17, 15) is 4.79 Å². The number of aromatic nitrogens is 1. The first kappa shape index (κ1) is 17.2. The van der Waals surface area contributed by atoms with Gasteiger partial charge in [-0.2, -0.15) is 0 Å². The molecule has 0 radical (unpaired) electrons. The van der Waals surface area contributed by atoms with Crippen molar-refractivity contribution in [3.05, 3.63) is 53.3 Å². The molecule has 1 atom stereocenters. The molecule has 1 fully saturated rings. The Bertz CT molecular complexity index is 746. The van der Waals surface area contributed by atoms with E-state index in [2.05, 4.69) is 16.0 Å². The minimum Gasteiger partial charge on any atom is -0.497 e. The van der Waals surface area contributed by atoms with Crippen molar-refractivity contribution in [1.29, 1.82) is 0 Å². The summed E-state index contributed by atoms with van der Waals surface area (Å²) in [7, 11) is 3.31. The van der Waals surface area contributed by atoms with Gasteiger partial charge >= 0.3 is 5.97 Å². The Morgan fingerprint density at radius 3 is 2.76 bits per heavy atom. The van der Waals surface area contributed by atoms with Gasteiger partial charge in [0.25, 0.3) is 0 Å². The molecule has 1 aromatic heterocycles. The molecule has 0 bridgehead atoms. The van der Waals surface area contributed by atoms with Gasteiger partial charge in [-0.25, -0.2) is 4.79 Å². The lowest BCUT2D eigenvalue weighted by molar-refractivity contribution is 0.0696. The molecule has 0 amide bonds. The van der Waals surface area contributed by atoms with Crippen LogP contribution in [0.3, 0.4) is 0 Å². The summed E-state index contributed by atoms with van der Waals surface area (Å²) < 4.78 is 10.8. The third-order valence-corrected chi connectivity index (χ3v) is 4.60. The molecule has 0 aliphatic carbocycles. The van der Waals surface area contributed by atoms with Gasteiger partial charge in [0.2, 0.25) is 0 Å². The topological polar surface area (TPSA) is 71.9 Å². The predicted molar refractivity (Wildman–Crippen MR) is 93.1 cm³/mol. The molecule has 1 aromatic carbocycles. The number of aromatic carboxylic acids is 1. The smallest absolute Gasteiger partial charge is 0.337 e. The van der Waals surface area contributed by atoms with Crippen molar-refractivity contribution < 1.29 is 19.4 Å². The zero-order valence-corrected chi connectivity index (χ0v) is 14.4. The van der Waals surface area contributed by atoms with Gasteiger partial charge in [-0.3, -0.25) is 9.88 Å². The van der Waals surface area contributed by atoms with Gasteiger partial charge in [-0.05, 0) is 37.6 Å². The molecule has 1 aliphatic rings. The first-order chi connectivity index (χ1) is 12.1. The van der Waals surface area contributed by atoms with Crippen LogP contribution in [0.4, 0.5) is 0 Å². The molecule has 6 nitrogen and oxygen atoms in total. The fourth-order valence-electron chi connectivity index (χ4n) is 3.31. The summed E-state index contributed by atoms with van der Waals surface area (Å²) in [6, 6.07) is 9.55. The van der Waals surface area contributed by atoms with Crippen LogP contribution in [0.5, 0.6) is 11.5 Å². The number of benzene rings is 1. The van der Waals surface area contributed by atoms with Crippen molar-refractivity contribution in [3.8, 4) is 11.5 Å². The lowest BCUT2D eigenvalue weighted by Gasteiger charge is -2.26. The highest BCUT2D eigenvalue weighted by atomic mass is 16.5. The highest BCUT2D eigenvalue weighted by Crippen LogP contribution is 2.39. The van der Waals surface area contributed by atoms with Gasteiger partial charge < -0.3 is 14.6 Å². The zero-order chi connectivity index (χ0) is 17.8. The van der Waals surface area contributed by atoms with Crippen LogP contribution in [0, 0.1) is 0 Å². The van der Waals surface area contributed by atoms with Crippen molar-refractivity contribution in [2.75, 3.05) is 20.8 Å². The summed E-state index contributed by atoms with van der Waals surface area (Å²) in [4.78, 5) is 17.6. The zero-order valence-electron chi connectivity index (χ0n) is 14.4. The molecule has 25 heavy (non-hydrogen) atoms. The second-order valence-corrected chi connectivity index (χ2v) is 6.08. The highest BCUT2D eigenvalue weighted by molar-refractivity contribution is 5.87. The van der Waals surface area contributed by atoms with Gasteiger partial charge in [0.15, 0.2) is 0 Å². The van der Waals surface area contributed by atoms with E-state index in [0.29, 0.717) is 6.54 Å². The number of pyridine rings is 1. The van der Waals surface area contributed by atoms with Crippen molar-refractivity contribution in [1.82, 2.24) is 9.88 Å². The van der Waals surface area contributed by atoms with E-state index >= 15 is 0 Å². The maximum absolute atomic E-state index is 10.9. The molecule has 1 N–H and O–H groups in total. The Labute approximate surface area is 147 Å². The lowest BCUT2D eigenvalue weighted by atomic mass is 10.0. The number of carbonyl (C=O) groups is 1. The van der Waals surface area contributed by atoms with Crippen LogP contribution in [0.15, 0.2) is 36.5 Å². The minimum atomic E-state index is -0.957. The van der Waals surface area contributed by atoms with Crippen LogP contribution in [0.2, 0.25) is 0 Å².